The third kappa shape index (κ3) is 3.49. The maximum absolute atomic E-state index is 11.9. The molecule has 0 N–H and O–H groups in total. The Hall–Kier alpha value is -2.28. The summed E-state index contributed by atoms with van der Waals surface area (Å²) >= 11 is 18.3. The van der Waals surface area contributed by atoms with E-state index < -0.39 is 5.97 Å². The summed E-state index contributed by atoms with van der Waals surface area (Å²) in [5.74, 6) is 0.00401. The lowest BCUT2D eigenvalue weighted by Crippen LogP contribution is -2.05. The Morgan fingerprint density at radius 1 is 1.04 bits per heavy atom. The van der Waals surface area contributed by atoms with Gasteiger partial charge in [0.15, 0.2) is 5.82 Å². The number of hydrogen-bond donors (Lipinski definition) is 0. The van der Waals surface area contributed by atoms with E-state index >= 15 is 0 Å². The van der Waals surface area contributed by atoms with Crippen molar-refractivity contribution in [3.63, 3.8) is 0 Å². The second-order valence-electron chi connectivity index (χ2n) is 5.10. The summed E-state index contributed by atoms with van der Waals surface area (Å²) in [6, 6.07) is 9.93. The molecule has 0 aliphatic heterocycles. The number of ether oxygens (including phenoxy) is 2. The van der Waals surface area contributed by atoms with Gasteiger partial charge in [0, 0.05) is 10.0 Å². The van der Waals surface area contributed by atoms with Crippen LogP contribution in [-0.4, -0.2) is 35.0 Å². The molecule has 134 valence electrons. The molecule has 0 spiro atoms. The molecule has 26 heavy (non-hydrogen) atoms. The number of carbonyl (C=O) groups is 1. The SMILES string of the molecule is COC(=O)c1nc(-c2ccc(Cl)cc2OC)n(-c2ccc(Cl)cc2Cl)n1. The fraction of sp³-hybridized carbons (Fsp3) is 0.118. The highest BCUT2D eigenvalue weighted by Crippen LogP contribution is 2.34. The molecule has 0 unspecified atom stereocenters. The van der Waals surface area contributed by atoms with E-state index in [1.165, 1.54) is 18.9 Å². The molecule has 0 bridgehead atoms. The molecule has 0 aliphatic rings. The Bertz CT molecular complexity index is 989. The highest BCUT2D eigenvalue weighted by molar-refractivity contribution is 6.35. The highest BCUT2D eigenvalue weighted by Gasteiger charge is 2.22. The lowest BCUT2D eigenvalue weighted by atomic mass is 10.2. The molecule has 0 saturated heterocycles. The Balaban J connectivity index is 2.27. The monoisotopic (exact) mass is 411 g/mol. The number of esters is 1. The van der Waals surface area contributed by atoms with E-state index in [4.69, 9.17) is 44.3 Å². The molecule has 0 saturated carbocycles. The van der Waals surface area contributed by atoms with Crippen molar-refractivity contribution < 1.29 is 14.3 Å². The van der Waals surface area contributed by atoms with Gasteiger partial charge in [0.1, 0.15) is 5.75 Å². The average Bonchev–Trinajstić information content (AvgIpc) is 3.05. The molecule has 9 heteroatoms. The summed E-state index contributed by atoms with van der Waals surface area (Å²) in [7, 11) is 2.76. The first kappa shape index (κ1) is 18.5. The molecule has 1 aromatic heterocycles. The predicted molar refractivity (Wildman–Crippen MR) is 99.7 cm³/mol. The summed E-state index contributed by atoms with van der Waals surface area (Å²) in [6.45, 7) is 0. The van der Waals surface area contributed by atoms with Crippen LogP contribution in [0, 0.1) is 0 Å². The van der Waals surface area contributed by atoms with Crippen LogP contribution >= 0.6 is 34.8 Å². The fourth-order valence-electron chi connectivity index (χ4n) is 2.33. The third-order valence-electron chi connectivity index (χ3n) is 3.52. The zero-order valence-corrected chi connectivity index (χ0v) is 15.9. The summed E-state index contributed by atoms with van der Waals surface area (Å²) in [4.78, 5) is 16.2. The zero-order chi connectivity index (χ0) is 18.8. The van der Waals surface area contributed by atoms with E-state index in [0.29, 0.717) is 37.9 Å². The molecular weight excluding hydrogens is 401 g/mol. The summed E-state index contributed by atoms with van der Waals surface area (Å²) < 4.78 is 11.5. The minimum absolute atomic E-state index is 0.120. The highest BCUT2D eigenvalue weighted by atomic mass is 35.5. The number of aromatic nitrogens is 3. The molecular formula is C17H12Cl3N3O3. The summed E-state index contributed by atoms with van der Waals surface area (Å²) in [5.41, 5.74) is 1.07. The molecule has 6 nitrogen and oxygen atoms in total. The van der Waals surface area contributed by atoms with Gasteiger partial charge in [0.2, 0.25) is 0 Å². The van der Waals surface area contributed by atoms with E-state index in [-0.39, 0.29) is 5.82 Å². The van der Waals surface area contributed by atoms with Gasteiger partial charge in [0.25, 0.3) is 5.82 Å². The van der Waals surface area contributed by atoms with Gasteiger partial charge in [0.05, 0.1) is 30.5 Å². The lowest BCUT2D eigenvalue weighted by molar-refractivity contribution is 0.0587. The van der Waals surface area contributed by atoms with Crippen molar-refractivity contribution in [3.8, 4) is 22.8 Å². The van der Waals surface area contributed by atoms with Gasteiger partial charge in [-0.2, -0.15) is 0 Å². The number of halogens is 3. The standard InChI is InChI=1S/C17H12Cl3N3O3/c1-25-14-8-10(19)3-5-11(14)16-21-15(17(24)26-2)22-23(16)13-6-4-9(18)7-12(13)20/h3-8H,1-2H3. The maximum Gasteiger partial charge on any atom is 0.377 e. The van der Waals surface area contributed by atoms with Crippen LogP contribution in [0.5, 0.6) is 5.75 Å². The number of methoxy groups -OCH3 is 2. The molecule has 0 radical (unpaired) electrons. The van der Waals surface area contributed by atoms with E-state index in [9.17, 15) is 4.79 Å². The van der Waals surface area contributed by atoms with Crippen molar-refractivity contribution in [2.24, 2.45) is 0 Å². The first-order chi connectivity index (χ1) is 12.4. The molecule has 0 amide bonds. The number of carbonyl (C=O) groups excluding carboxylic acids is 1. The van der Waals surface area contributed by atoms with Gasteiger partial charge in [-0.05, 0) is 36.4 Å². The van der Waals surface area contributed by atoms with Crippen LogP contribution in [0.25, 0.3) is 17.1 Å². The largest absolute Gasteiger partial charge is 0.496 e. The molecule has 1 heterocycles. The second kappa shape index (κ2) is 7.53. The van der Waals surface area contributed by atoms with Crippen LogP contribution in [0.1, 0.15) is 10.6 Å². The summed E-state index contributed by atoms with van der Waals surface area (Å²) in [6.07, 6.45) is 0. The van der Waals surface area contributed by atoms with Crippen molar-refractivity contribution >= 4 is 40.8 Å². The molecule has 3 rings (SSSR count). The number of nitrogens with zero attached hydrogens (tertiary/aromatic N) is 3. The van der Waals surface area contributed by atoms with Crippen molar-refractivity contribution in [3.05, 3.63) is 57.3 Å². The first-order valence-electron chi connectivity index (χ1n) is 7.29. The molecule has 0 atom stereocenters. The van der Waals surface area contributed by atoms with Crippen LogP contribution in [0.3, 0.4) is 0 Å². The molecule has 0 aliphatic carbocycles. The van der Waals surface area contributed by atoms with Crippen LogP contribution in [0.4, 0.5) is 0 Å². The maximum atomic E-state index is 11.9. The minimum Gasteiger partial charge on any atom is -0.496 e. The second-order valence-corrected chi connectivity index (χ2v) is 6.38. The topological polar surface area (TPSA) is 66.2 Å². The lowest BCUT2D eigenvalue weighted by Gasteiger charge is -2.11. The third-order valence-corrected chi connectivity index (χ3v) is 4.29. The quantitative estimate of drug-likeness (QED) is 0.582. The number of rotatable bonds is 4. The minimum atomic E-state index is -0.678. The van der Waals surface area contributed by atoms with Crippen LogP contribution in [0.2, 0.25) is 15.1 Å². The van der Waals surface area contributed by atoms with Gasteiger partial charge < -0.3 is 9.47 Å². The number of benzene rings is 2. The number of hydrogen-bond acceptors (Lipinski definition) is 5. The molecule has 2 aromatic carbocycles. The summed E-state index contributed by atoms with van der Waals surface area (Å²) in [5, 5.41) is 5.54. The Morgan fingerprint density at radius 3 is 2.38 bits per heavy atom. The molecule has 0 fully saturated rings. The van der Waals surface area contributed by atoms with Gasteiger partial charge >= 0.3 is 5.97 Å². The smallest absolute Gasteiger partial charge is 0.377 e. The Kier molecular flexibility index (Phi) is 5.36. The van der Waals surface area contributed by atoms with Gasteiger partial charge in [-0.1, -0.05) is 34.8 Å². The Morgan fingerprint density at radius 2 is 1.73 bits per heavy atom. The van der Waals surface area contributed by atoms with Crippen LogP contribution in [-0.2, 0) is 4.74 Å². The van der Waals surface area contributed by atoms with Crippen LogP contribution in [0.15, 0.2) is 36.4 Å². The van der Waals surface area contributed by atoms with Crippen LogP contribution < -0.4 is 4.74 Å². The van der Waals surface area contributed by atoms with Gasteiger partial charge in [-0.15, -0.1) is 5.10 Å². The Labute approximate surface area is 164 Å². The van der Waals surface area contributed by atoms with Crippen molar-refractivity contribution in [1.82, 2.24) is 14.8 Å². The van der Waals surface area contributed by atoms with E-state index in [0.717, 1.165) is 0 Å². The normalized spacial score (nSPS) is 10.7. The van der Waals surface area contributed by atoms with E-state index in [2.05, 4.69) is 10.1 Å². The van der Waals surface area contributed by atoms with Crippen molar-refractivity contribution in [2.75, 3.05) is 14.2 Å². The van der Waals surface area contributed by atoms with E-state index in [1.807, 2.05) is 0 Å². The fourth-order valence-corrected chi connectivity index (χ4v) is 2.99. The van der Waals surface area contributed by atoms with Gasteiger partial charge in [-0.3, -0.25) is 0 Å². The average molecular weight is 413 g/mol. The van der Waals surface area contributed by atoms with Gasteiger partial charge in [-0.25, -0.2) is 14.5 Å². The van der Waals surface area contributed by atoms with Crippen molar-refractivity contribution in [2.45, 2.75) is 0 Å². The first-order valence-corrected chi connectivity index (χ1v) is 8.42. The van der Waals surface area contributed by atoms with Crippen molar-refractivity contribution in [1.29, 1.82) is 0 Å². The predicted octanol–water partition coefficient (Wildman–Crippen LogP) is 4.69. The van der Waals surface area contributed by atoms with E-state index in [1.54, 1.807) is 36.4 Å². The zero-order valence-electron chi connectivity index (χ0n) is 13.7. The molecule has 3 aromatic rings.